The van der Waals surface area contributed by atoms with Crippen LogP contribution in [0.15, 0.2) is 54.6 Å². The lowest BCUT2D eigenvalue weighted by Gasteiger charge is -2.36. The van der Waals surface area contributed by atoms with Crippen LogP contribution in [0.1, 0.15) is 28.1 Å². The van der Waals surface area contributed by atoms with Crippen LogP contribution in [-0.4, -0.2) is 43.0 Å². The van der Waals surface area contributed by atoms with Crippen molar-refractivity contribution in [1.82, 2.24) is 4.90 Å². The zero-order chi connectivity index (χ0) is 20.8. The van der Waals surface area contributed by atoms with E-state index in [9.17, 15) is 4.79 Å². The summed E-state index contributed by atoms with van der Waals surface area (Å²) in [5.74, 6) is 0.819. The molecule has 1 saturated heterocycles. The van der Waals surface area contributed by atoms with Gasteiger partial charge in [-0.1, -0.05) is 12.1 Å². The van der Waals surface area contributed by atoms with Gasteiger partial charge in [-0.2, -0.15) is 0 Å². The lowest BCUT2D eigenvalue weighted by Crippen LogP contribution is -2.47. The van der Waals surface area contributed by atoms with E-state index in [2.05, 4.69) is 33.3 Å². The number of fused-ring (bicyclic) bond motifs is 3. The molecule has 2 aliphatic heterocycles. The molecule has 0 radical (unpaired) electrons. The fourth-order valence-electron chi connectivity index (χ4n) is 4.54. The third-order valence-corrected chi connectivity index (χ3v) is 7.62. The normalized spacial score (nSPS) is 18.1. The lowest BCUT2D eigenvalue weighted by molar-refractivity contribution is 0.103. The van der Waals surface area contributed by atoms with E-state index in [1.54, 1.807) is 0 Å². The molecule has 5 nitrogen and oxygen atoms in total. The summed E-state index contributed by atoms with van der Waals surface area (Å²) in [5.41, 5.74) is 4.20. The smallest absolute Gasteiger partial charge is 0.265 e. The first kappa shape index (κ1) is 18.9. The quantitative estimate of drug-likeness (QED) is 0.642. The van der Waals surface area contributed by atoms with Gasteiger partial charge >= 0.3 is 0 Å². The van der Waals surface area contributed by atoms with Gasteiger partial charge in [-0.25, -0.2) is 0 Å². The van der Waals surface area contributed by atoms with Gasteiger partial charge in [0.05, 0.1) is 4.88 Å². The number of hydrogen-bond donors (Lipinski definition) is 1. The topological polar surface area (TPSA) is 44.8 Å². The molecule has 0 bridgehead atoms. The van der Waals surface area contributed by atoms with Crippen molar-refractivity contribution < 1.29 is 9.53 Å². The highest BCUT2D eigenvalue weighted by molar-refractivity contribution is 7.17. The number of carbonyl (C=O) groups excluding carboxylic acids is 1. The van der Waals surface area contributed by atoms with Gasteiger partial charge in [0.2, 0.25) is 0 Å². The summed E-state index contributed by atoms with van der Waals surface area (Å²) in [7, 11) is 0. The van der Waals surface area contributed by atoms with E-state index in [-0.39, 0.29) is 5.91 Å². The van der Waals surface area contributed by atoms with Crippen molar-refractivity contribution in [2.75, 3.05) is 36.4 Å². The number of thiophene rings is 1. The van der Waals surface area contributed by atoms with E-state index < -0.39 is 0 Å². The molecule has 2 aromatic carbocycles. The van der Waals surface area contributed by atoms with Crippen molar-refractivity contribution in [3.63, 3.8) is 0 Å². The Morgan fingerprint density at radius 3 is 2.55 bits per heavy atom. The van der Waals surface area contributed by atoms with Crippen LogP contribution >= 0.6 is 11.3 Å². The first-order valence-electron chi connectivity index (χ1n) is 11.0. The van der Waals surface area contributed by atoms with Gasteiger partial charge in [-0.3, -0.25) is 9.69 Å². The summed E-state index contributed by atoms with van der Waals surface area (Å²) in [4.78, 5) is 19.8. The lowest BCUT2D eigenvalue weighted by atomic mass is 10.1. The number of carbonyl (C=O) groups is 1. The molecule has 1 aliphatic carbocycles. The van der Waals surface area contributed by atoms with Gasteiger partial charge in [-0.15, -0.1) is 11.3 Å². The van der Waals surface area contributed by atoms with E-state index in [0.29, 0.717) is 11.5 Å². The van der Waals surface area contributed by atoms with Crippen LogP contribution in [0.5, 0.6) is 5.75 Å². The molecule has 0 unspecified atom stereocenters. The van der Waals surface area contributed by atoms with Crippen molar-refractivity contribution in [3.8, 4) is 16.2 Å². The minimum atomic E-state index is -0.0670. The molecule has 1 aromatic heterocycles. The molecule has 3 aromatic rings. The summed E-state index contributed by atoms with van der Waals surface area (Å²) in [5, 5.41) is 3.06. The van der Waals surface area contributed by atoms with E-state index in [0.717, 1.165) is 59.7 Å². The number of hydrogen-bond acceptors (Lipinski definition) is 5. The Morgan fingerprint density at radius 1 is 1.00 bits per heavy atom. The van der Waals surface area contributed by atoms with E-state index in [1.165, 1.54) is 29.9 Å². The SMILES string of the molecule is O=C(Nc1ccc(N2CCN(C3CC3)CC2)cc1)c1cc2c(s1)-c1ccccc1OC2. The molecule has 6 rings (SSSR count). The van der Waals surface area contributed by atoms with Crippen LogP contribution in [-0.2, 0) is 6.61 Å². The number of rotatable bonds is 4. The molecule has 2 fully saturated rings. The highest BCUT2D eigenvalue weighted by Crippen LogP contribution is 2.42. The number of anilines is 2. The third-order valence-electron chi connectivity index (χ3n) is 6.42. The highest BCUT2D eigenvalue weighted by Gasteiger charge is 2.31. The largest absolute Gasteiger partial charge is 0.488 e. The summed E-state index contributed by atoms with van der Waals surface area (Å²) in [6.45, 7) is 4.97. The number of piperazine rings is 1. The van der Waals surface area contributed by atoms with Gasteiger partial charge in [0.1, 0.15) is 12.4 Å². The van der Waals surface area contributed by atoms with Crippen LogP contribution in [0, 0.1) is 0 Å². The average molecular weight is 432 g/mol. The molecule has 0 spiro atoms. The monoisotopic (exact) mass is 431 g/mol. The maximum Gasteiger partial charge on any atom is 0.265 e. The number of para-hydroxylation sites is 1. The molecule has 1 saturated carbocycles. The van der Waals surface area contributed by atoms with Gasteiger partial charge in [0, 0.05) is 59.6 Å². The van der Waals surface area contributed by atoms with E-state index >= 15 is 0 Å². The second-order valence-electron chi connectivity index (χ2n) is 8.51. The Labute approximate surface area is 186 Å². The van der Waals surface area contributed by atoms with Crippen molar-refractivity contribution in [2.45, 2.75) is 25.5 Å². The maximum atomic E-state index is 12.9. The summed E-state index contributed by atoms with van der Waals surface area (Å²) < 4.78 is 5.82. The van der Waals surface area contributed by atoms with Crippen LogP contribution < -0.4 is 15.0 Å². The molecule has 3 heterocycles. The van der Waals surface area contributed by atoms with Gasteiger partial charge in [-0.05, 0) is 55.3 Å². The molecule has 158 valence electrons. The first-order valence-corrected chi connectivity index (χ1v) is 11.8. The van der Waals surface area contributed by atoms with Crippen molar-refractivity contribution in [3.05, 3.63) is 65.0 Å². The Bertz CT molecular complexity index is 1110. The fraction of sp³-hybridized carbons (Fsp3) is 0.320. The molecule has 31 heavy (non-hydrogen) atoms. The van der Waals surface area contributed by atoms with Crippen molar-refractivity contribution in [1.29, 1.82) is 0 Å². The zero-order valence-electron chi connectivity index (χ0n) is 17.3. The Kier molecular flexibility index (Phi) is 4.69. The maximum absolute atomic E-state index is 12.9. The van der Waals surface area contributed by atoms with Crippen molar-refractivity contribution >= 4 is 28.6 Å². The fourth-order valence-corrected chi connectivity index (χ4v) is 5.64. The van der Waals surface area contributed by atoms with Crippen LogP contribution in [0.2, 0.25) is 0 Å². The molecular weight excluding hydrogens is 406 g/mol. The summed E-state index contributed by atoms with van der Waals surface area (Å²) in [6, 6.07) is 19.1. The predicted octanol–water partition coefficient (Wildman–Crippen LogP) is 4.84. The van der Waals surface area contributed by atoms with Gasteiger partial charge in [0.15, 0.2) is 0 Å². The second-order valence-corrected chi connectivity index (χ2v) is 9.56. The van der Waals surface area contributed by atoms with Crippen LogP contribution in [0.4, 0.5) is 11.4 Å². The molecule has 3 aliphatic rings. The summed E-state index contributed by atoms with van der Waals surface area (Å²) in [6.07, 6.45) is 2.75. The number of amides is 1. The molecule has 1 N–H and O–H groups in total. The minimum absolute atomic E-state index is 0.0670. The predicted molar refractivity (Wildman–Crippen MR) is 125 cm³/mol. The molecule has 6 heteroatoms. The molecule has 1 amide bonds. The average Bonchev–Trinajstić information content (AvgIpc) is 3.57. The van der Waals surface area contributed by atoms with Crippen molar-refractivity contribution in [2.24, 2.45) is 0 Å². The Morgan fingerprint density at radius 2 is 1.77 bits per heavy atom. The minimum Gasteiger partial charge on any atom is -0.488 e. The molecular formula is C25H25N3O2S. The number of nitrogens with one attached hydrogen (secondary N) is 1. The van der Waals surface area contributed by atoms with E-state index in [4.69, 9.17) is 4.74 Å². The van der Waals surface area contributed by atoms with Gasteiger partial charge in [0.25, 0.3) is 5.91 Å². The number of ether oxygens (including phenoxy) is 1. The zero-order valence-corrected chi connectivity index (χ0v) is 18.2. The number of nitrogens with zero attached hydrogens (tertiary/aromatic N) is 2. The summed E-state index contributed by atoms with van der Waals surface area (Å²) >= 11 is 1.53. The number of benzene rings is 2. The second kappa shape index (κ2) is 7.70. The van der Waals surface area contributed by atoms with Crippen LogP contribution in [0.25, 0.3) is 10.4 Å². The Balaban J connectivity index is 1.12. The van der Waals surface area contributed by atoms with Gasteiger partial charge < -0.3 is 15.0 Å². The van der Waals surface area contributed by atoms with E-state index in [1.807, 2.05) is 36.4 Å². The highest BCUT2D eigenvalue weighted by atomic mass is 32.1. The Hall–Kier alpha value is -2.83. The van der Waals surface area contributed by atoms with Crippen LogP contribution in [0.3, 0.4) is 0 Å². The first-order chi connectivity index (χ1) is 15.2. The molecule has 0 atom stereocenters. The third kappa shape index (κ3) is 3.70. The standard InChI is InChI=1S/C25H25N3O2S/c29-25(23-15-17-16-30-22-4-2-1-3-21(22)24(17)31-23)26-18-5-7-19(8-6-18)27-11-13-28(14-12-27)20-9-10-20/h1-8,15,20H,9-14,16H2,(H,26,29).